The first kappa shape index (κ1) is 14.1. The lowest BCUT2D eigenvalue weighted by atomic mass is 9.96. The number of halogens is 1. The van der Waals surface area contributed by atoms with Gasteiger partial charge < -0.3 is 10.6 Å². The maximum absolute atomic E-state index is 12.4. The largest absolute Gasteiger partial charge is 0.369 e. The summed E-state index contributed by atoms with van der Waals surface area (Å²) in [6.07, 6.45) is 1.31. The van der Waals surface area contributed by atoms with Gasteiger partial charge in [-0.05, 0) is 47.3 Å². The van der Waals surface area contributed by atoms with Gasteiger partial charge >= 0.3 is 0 Å². The van der Waals surface area contributed by atoms with Crippen molar-refractivity contribution in [2.75, 3.05) is 13.1 Å². The molecule has 1 saturated heterocycles. The molecule has 2 rings (SSSR count). The van der Waals surface area contributed by atoms with Crippen LogP contribution in [-0.2, 0) is 4.79 Å². The van der Waals surface area contributed by atoms with Gasteiger partial charge in [-0.15, -0.1) is 0 Å². The number of carbonyl (C=O) groups excluding carboxylic acids is 2. The molecular formula is C14H17BrN2O2. The molecule has 0 aromatic heterocycles. The first-order valence-electron chi connectivity index (χ1n) is 6.34. The monoisotopic (exact) mass is 324 g/mol. The lowest BCUT2D eigenvalue weighted by molar-refractivity contribution is -0.123. The normalized spacial score (nSPS) is 16.4. The van der Waals surface area contributed by atoms with Crippen molar-refractivity contribution in [1.82, 2.24) is 4.90 Å². The molecule has 19 heavy (non-hydrogen) atoms. The molecule has 5 heteroatoms. The van der Waals surface area contributed by atoms with E-state index in [1.54, 1.807) is 4.90 Å². The Balaban J connectivity index is 2.09. The van der Waals surface area contributed by atoms with E-state index in [0.29, 0.717) is 31.5 Å². The zero-order valence-electron chi connectivity index (χ0n) is 10.9. The number of nitrogens with zero attached hydrogens (tertiary/aromatic N) is 1. The molecule has 0 saturated carbocycles. The van der Waals surface area contributed by atoms with Crippen LogP contribution in [0.3, 0.4) is 0 Å². The number of rotatable bonds is 2. The van der Waals surface area contributed by atoms with Crippen LogP contribution < -0.4 is 5.73 Å². The number of primary amides is 1. The summed E-state index contributed by atoms with van der Waals surface area (Å²) in [6, 6.07) is 5.66. The van der Waals surface area contributed by atoms with Gasteiger partial charge in [-0.2, -0.15) is 0 Å². The van der Waals surface area contributed by atoms with Gasteiger partial charge in [0, 0.05) is 23.5 Å². The minimum absolute atomic E-state index is 0.0125. The Bertz CT molecular complexity index is 508. The first-order valence-corrected chi connectivity index (χ1v) is 7.13. The van der Waals surface area contributed by atoms with E-state index in [9.17, 15) is 9.59 Å². The van der Waals surface area contributed by atoms with Crippen LogP contribution >= 0.6 is 15.9 Å². The van der Waals surface area contributed by atoms with Gasteiger partial charge in [0.1, 0.15) is 0 Å². The molecule has 0 aliphatic carbocycles. The predicted molar refractivity (Wildman–Crippen MR) is 76.7 cm³/mol. The highest BCUT2D eigenvalue weighted by Crippen LogP contribution is 2.25. The van der Waals surface area contributed by atoms with Crippen molar-refractivity contribution in [2.45, 2.75) is 19.8 Å². The van der Waals surface area contributed by atoms with Crippen molar-refractivity contribution in [1.29, 1.82) is 0 Å². The Hall–Kier alpha value is -1.36. The Morgan fingerprint density at radius 3 is 2.53 bits per heavy atom. The molecule has 4 nitrogen and oxygen atoms in total. The fraction of sp³-hybridized carbons (Fsp3) is 0.429. The number of carbonyl (C=O) groups is 2. The van der Waals surface area contributed by atoms with Crippen LogP contribution in [0.2, 0.25) is 0 Å². The van der Waals surface area contributed by atoms with Crippen molar-refractivity contribution >= 4 is 27.7 Å². The van der Waals surface area contributed by atoms with Gasteiger partial charge in [0.05, 0.1) is 5.56 Å². The number of amides is 2. The number of piperidine rings is 1. The zero-order chi connectivity index (χ0) is 14.0. The summed E-state index contributed by atoms with van der Waals surface area (Å²) in [5.74, 6) is -0.340. The summed E-state index contributed by atoms with van der Waals surface area (Å²) < 4.78 is 0.844. The molecule has 0 bridgehead atoms. The zero-order valence-corrected chi connectivity index (χ0v) is 12.4. The molecule has 1 fully saturated rings. The van der Waals surface area contributed by atoms with E-state index < -0.39 is 0 Å². The highest BCUT2D eigenvalue weighted by Gasteiger charge is 2.27. The lowest BCUT2D eigenvalue weighted by Crippen LogP contribution is -2.41. The van der Waals surface area contributed by atoms with E-state index in [1.165, 1.54) is 0 Å². The van der Waals surface area contributed by atoms with Crippen molar-refractivity contribution in [3.63, 3.8) is 0 Å². The second kappa shape index (κ2) is 5.74. The third kappa shape index (κ3) is 2.97. The topological polar surface area (TPSA) is 63.4 Å². The number of nitrogens with two attached hydrogens (primary N) is 1. The smallest absolute Gasteiger partial charge is 0.255 e. The number of aryl methyl sites for hydroxylation is 1. The fourth-order valence-electron chi connectivity index (χ4n) is 2.35. The summed E-state index contributed by atoms with van der Waals surface area (Å²) in [6.45, 7) is 3.14. The van der Waals surface area contributed by atoms with Gasteiger partial charge in [0.25, 0.3) is 5.91 Å². The quantitative estimate of drug-likeness (QED) is 0.905. The molecule has 1 aromatic rings. The highest BCUT2D eigenvalue weighted by atomic mass is 79.9. The first-order chi connectivity index (χ1) is 9.00. The molecule has 102 valence electrons. The molecule has 1 aliphatic rings. The fourth-order valence-corrected chi connectivity index (χ4v) is 2.78. The number of benzene rings is 1. The molecule has 0 unspecified atom stereocenters. The van der Waals surface area contributed by atoms with E-state index in [1.807, 2.05) is 25.1 Å². The minimum Gasteiger partial charge on any atom is -0.369 e. The van der Waals surface area contributed by atoms with Gasteiger partial charge in [-0.3, -0.25) is 9.59 Å². The Labute approximate surface area is 121 Å². The van der Waals surface area contributed by atoms with E-state index >= 15 is 0 Å². The van der Waals surface area contributed by atoms with E-state index in [0.717, 1.165) is 10.0 Å². The Kier molecular flexibility index (Phi) is 4.24. The molecule has 1 heterocycles. The second-order valence-corrected chi connectivity index (χ2v) is 5.70. The molecule has 1 aromatic carbocycles. The Morgan fingerprint density at radius 2 is 1.95 bits per heavy atom. The van der Waals surface area contributed by atoms with E-state index in [2.05, 4.69) is 15.9 Å². The van der Waals surface area contributed by atoms with Crippen LogP contribution in [-0.4, -0.2) is 29.8 Å². The summed E-state index contributed by atoms with van der Waals surface area (Å²) in [7, 11) is 0. The molecule has 0 atom stereocenters. The SMILES string of the molecule is Cc1cccc(C(=O)N2CCC(C(N)=O)CC2)c1Br. The van der Waals surface area contributed by atoms with Crippen LogP contribution in [0.15, 0.2) is 22.7 Å². The van der Waals surface area contributed by atoms with E-state index in [-0.39, 0.29) is 17.7 Å². The van der Waals surface area contributed by atoms with E-state index in [4.69, 9.17) is 5.73 Å². The molecule has 0 spiro atoms. The molecule has 1 aliphatic heterocycles. The third-order valence-corrected chi connectivity index (χ3v) is 4.66. The standard InChI is InChI=1S/C14H17BrN2O2/c1-9-3-2-4-11(12(9)15)14(19)17-7-5-10(6-8-17)13(16)18/h2-4,10H,5-8H2,1H3,(H2,16,18). The molecule has 2 amide bonds. The number of hydrogen-bond acceptors (Lipinski definition) is 2. The maximum Gasteiger partial charge on any atom is 0.255 e. The van der Waals surface area contributed by atoms with Crippen LogP contribution in [0.4, 0.5) is 0 Å². The minimum atomic E-state index is -0.260. The van der Waals surface area contributed by atoms with Gasteiger partial charge in [0.2, 0.25) is 5.91 Å². The van der Waals surface area contributed by atoms with Crippen molar-refractivity contribution < 1.29 is 9.59 Å². The average Bonchev–Trinajstić information content (AvgIpc) is 2.41. The summed E-state index contributed by atoms with van der Waals surface area (Å²) in [4.78, 5) is 25.3. The number of hydrogen-bond donors (Lipinski definition) is 1. The van der Waals surface area contributed by atoms with Crippen molar-refractivity contribution in [2.24, 2.45) is 11.7 Å². The Morgan fingerprint density at radius 1 is 1.32 bits per heavy atom. The molecule has 2 N–H and O–H groups in total. The third-order valence-electron chi connectivity index (χ3n) is 3.61. The van der Waals surface area contributed by atoms with Gasteiger partial charge in [0.15, 0.2) is 0 Å². The average molecular weight is 325 g/mol. The van der Waals surface area contributed by atoms with Gasteiger partial charge in [-0.25, -0.2) is 0 Å². The van der Waals surface area contributed by atoms with Crippen LogP contribution in [0.5, 0.6) is 0 Å². The lowest BCUT2D eigenvalue weighted by Gasteiger charge is -2.31. The van der Waals surface area contributed by atoms with Gasteiger partial charge in [-0.1, -0.05) is 12.1 Å². The second-order valence-electron chi connectivity index (χ2n) is 4.91. The molecule has 0 radical (unpaired) electrons. The van der Waals surface area contributed by atoms with Crippen LogP contribution in [0, 0.1) is 12.8 Å². The predicted octanol–water partition coefficient (Wildman–Crippen LogP) is 2.10. The maximum atomic E-state index is 12.4. The summed E-state index contributed by atoms with van der Waals surface area (Å²) in [5.41, 5.74) is 7.01. The van der Waals surface area contributed by atoms with Crippen LogP contribution in [0.25, 0.3) is 0 Å². The van der Waals surface area contributed by atoms with Crippen molar-refractivity contribution in [3.8, 4) is 0 Å². The van der Waals surface area contributed by atoms with Crippen molar-refractivity contribution in [3.05, 3.63) is 33.8 Å². The van der Waals surface area contributed by atoms with Crippen LogP contribution in [0.1, 0.15) is 28.8 Å². The molecular weight excluding hydrogens is 308 g/mol. The summed E-state index contributed by atoms with van der Waals surface area (Å²) >= 11 is 3.46. The summed E-state index contributed by atoms with van der Waals surface area (Å²) in [5, 5.41) is 0. The number of likely N-dealkylation sites (tertiary alicyclic amines) is 1. The highest BCUT2D eigenvalue weighted by molar-refractivity contribution is 9.10.